The molecule has 0 spiro atoms. The second kappa shape index (κ2) is 6.87. The summed E-state index contributed by atoms with van der Waals surface area (Å²) < 4.78 is 0. The lowest BCUT2D eigenvalue weighted by atomic mass is 9.85. The van der Waals surface area contributed by atoms with Gasteiger partial charge in [0.25, 0.3) is 0 Å². The maximum atomic E-state index is 12.2. The lowest BCUT2D eigenvalue weighted by Gasteiger charge is -2.17. The van der Waals surface area contributed by atoms with Crippen molar-refractivity contribution in [3.05, 3.63) is 12.2 Å². The molecule has 0 aromatic rings. The normalized spacial score (nSPS) is 24.6. The third kappa shape index (κ3) is 3.34. The Morgan fingerprint density at radius 2 is 1.71 bits per heavy atom. The van der Waals surface area contributed by atoms with Crippen LogP contribution in [0.1, 0.15) is 46.0 Å². The number of imide groups is 1. The fourth-order valence-electron chi connectivity index (χ4n) is 3.10. The highest BCUT2D eigenvalue weighted by atomic mass is 16.2. The highest BCUT2D eigenvalue weighted by Crippen LogP contribution is 2.34. The van der Waals surface area contributed by atoms with E-state index in [1.165, 1.54) is 4.90 Å². The molecule has 1 N–H and O–H groups in total. The van der Waals surface area contributed by atoms with E-state index in [-0.39, 0.29) is 48.6 Å². The Hall–Kier alpha value is -1.65. The molecule has 0 aromatic heterocycles. The topological polar surface area (TPSA) is 66.5 Å². The van der Waals surface area contributed by atoms with Crippen LogP contribution in [0.25, 0.3) is 0 Å². The van der Waals surface area contributed by atoms with Crippen LogP contribution in [0, 0.1) is 11.8 Å². The van der Waals surface area contributed by atoms with Crippen molar-refractivity contribution >= 4 is 17.7 Å². The fraction of sp³-hybridized carbons (Fsp3) is 0.688. The van der Waals surface area contributed by atoms with E-state index in [9.17, 15) is 14.4 Å². The number of nitrogens with zero attached hydrogens (tertiary/aromatic N) is 1. The van der Waals surface area contributed by atoms with Crippen LogP contribution in [0.5, 0.6) is 0 Å². The molecule has 1 heterocycles. The Morgan fingerprint density at radius 1 is 1.19 bits per heavy atom. The van der Waals surface area contributed by atoms with Gasteiger partial charge in [-0.25, -0.2) is 0 Å². The summed E-state index contributed by atoms with van der Waals surface area (Å²) in [5, 5.41) is 2.93. The molecule has 2 unspecified atom stereocenters. The van der Waals surface area contributed by atoms with Gasteiger partial charge in [0.2, 0.25) is 17.7 Å². The van der Waals surface area contributed by atoms with Crippen LogP contribution in [0.3, 0.4) is 0 Å². The number of fused-ring (bicyclic) bond motifs is 1. The Kier molecular flexibility index (Phi) is 5.15. The third-order valence-electron chi connectivity index (χ3n) is 4.51. The van der Waals surface area contributed by atoms with Crippen molar-refractivity contribution in [3.8, 4) is 0 Å². The van der Waals surface area contributed by atoms with E-state index in [1.807, 2.05) is 26.0 Å². The number of carbonyl (C=O) groups is 3. The first-order chi connectivity index (χ1) is 10.1. The number of hydrogen-bond donors (Lipinski definition) is 1. The standard InChI is InChI=1S/C16H24N2O3/c1-3-11(4-2)17-14(19)9-10-18-15(20)12-7-5-6-8-13(12)16(18)21/h5-6,11-13H,3-4,7-10H2,1-2H3,(H,17,19). The van der Waals surface area contributed by atoms with Crippen LogP contribution >= 0.6 is 0 Å². The van der Waals surface area contributed by atoms with Gasteiger partial charge >= 0.3 is 0 Å². The van der Waals surface area contributed by atoms with Gasteiger partial charge in [0.05, 0.1) is 11.8 Å². The predicted octanol–water partition coefficient (Wildman–Crippen LogP) is 1.63. The number of carbonyl (C=O) groups excluding carboxylic acids is 3. The minimum absolute atomic E-state index is 0.0858. The van der Waals surface area contributed by atoms with Crippen molar-refractivity contribution in [1.29, 1.82) is 0 Å². The zero-order valence-electron chi connectivity index (χ0n) is 12.8. The summed E-state index contributed by atoms with van der Waals surface area (Å²) in [7, 11) is 0. The van der Waals surface area contributed by atoms with Crippen molar-refractivity contribution in [1.82, 2.24) is 10.2 Å². The summed E-state index contributed by atoms with van der Waals surface area (Å²) in [5.74, 6) is -0.708. The first-order valence-electron chi connectivity index (χ1n) is 7.88. The van der Waals surface area contributed by atoms with E-state index in [4.69, 9.17) is 0 Å². The zero-order valence-corrected chi connectivity index (χ0v) is 12.8. The third-order valence-corrected chi connectivity index (χ3v) is 4.51. The summed E-state index contributed by atoms with van der Waals surface area (Å²) in [6.07, 6.45) is 7.20. The summed E-state index contributed by atoms with van der Waals surface area (Å²) >= 11 is 0. The van der Waals surface area contributed by atoms with E-state index in [0.717, 1.165) is 12.8 Å². The molecule has 0 aromatic carbocycles. The lowest BCUT2D eigenvalue weighted by Crippen LogP contribution is -2.38. The van der Waals surface area contributed by atoms with Crippen molar-refractivity contribution in [2.75, 3.05) is 6.54 Å². The Bertz CT molecular complexity index is 428. The van der Waals surface area contributed by atoms with Crippen molar-refractivity contribution in [2.45, 2.75) is 52.0 Å². The minimum Gasteiger partial charge on any atom is -0.353 e. The number of likely N-dealkylation sites (tertiary alicyclic amines) is 1. The average Bonchev–Trinajstić information content (AvgIpc) is 2.75. The first kappa shape index (κ1) is 15.7. The highest BCUT2D eigenvalue weighted by Gasteiger charge is 2.46. The fourth-order valence-corrected chi connectivity index (χ4v) is 3.10. The zero-order chi connectivity index (χ0) is 15.4. The molecule has 2 aliphatic rings. The smallest absolute Gasteiger partial charge is 0.233 e. The summed E-state index contributed by atoms with van der Waals surface area (Å²) in [5.41, 5.74) is 0. The van der Waals surface area contributed by atoms with Gasteiger partial charge in [-0.1, -0.05) is 26.0 Å². The molecule has 116 valence electrons. The van der Waals surface area contributed by atoms with Crippen LogP contribution < -0.4 is 5.32 Å². The van der Waals surface area contributed by atoms with Gasteiger partial charge in [0, 0.05) is 19.0 Å². The molecule has 2 rings (SSSR count). The van der Waals surface area contributed by atoms with Gasteiger partial charge in [-0.15, -0.1) is 0 Å². The lowest BCUT2D eigenvalue weighted by molar-refractivity contribution is -0.140. The van der Waals surface area contributed by atoms with Gasteiger partial charge < -0.3 is 5.32 Å². The molecule has 2 atom stereocenters. The van der Waals surface area contributed by atoms with Gasteiger partial charge in [-0.2, -0.15) is 0 Å². The largest absolute Gasteiger partial charge is 0.353 e. The molecule has 1 aliphatic carbocycles. The predicted molar refractivity (Wildman–Crippen MR) is 79.2 cm³/mol. The Labute approximate surface area is 125 Å². The molecule has 1 saturated heterocycles. The Balaban J connectivity index is 1.87. The van der Waals surface area contributed by atoms with Gasteiger partial charge in [-0.3, -0.25) is 19.3 Å². The van der Waals surface area contributed by atoms with Crippen molar-refractivity contribution < 1.29 is 14.4 Å². The van der Waals surface area contributed by atoms with E-state index >= 15 is 0 Å². The monoisotopic (exact) mass is 292 g/mol. The second-order valence-corrected chi connectivity index (χ2v) is 5.81. The van der Waals surface area contributed by atoms with Crippen LogP contribution in [0.4, 0.5) is 0 Å². The molecular formula is C16H24N2O3. The molecule has 3 amide bonds. The maximum Gasteiger partial charge on any atom is 0.233 e. The second-order valence-electron chi connectivity index (χ2n) is 5.81. The summed E-state index contributed by atoms with van der Waals surface area (Å²) in [6.45, 7) is 4.26. The first-order valence-corrected chi connectivity index (χ1v) is 7.88. The van der Waals surface area contributed by atoms with Gasteiger partial charge in [0.1, 0.15) is 0 Å². The van der Waals surface area contributed by atoms with Crippen molar-refractivity contribution in [3.63, 3.8) is 0 Å². The number of allylic oxidation sites excluding steroid dienone is 2. The number of rotatable bonds is 6. The van der Waals surface area contributed by atoms with Crippen molar-refractivity contribution in [2.24, 2.45) is 11.8 Å². The number of nitrogens with one attached hydrogen (secondary N) is 1. The molecule has 1 fully saturated rings. The van der Waals surface area contributed by atoms with Crippen LogP contribution in [-0.2, 0) is 14.4 Å². The SMILES string of the molecule is CCC(CC)NC(=O)CCN1C(=O)C2CC=CCC2C1=O. The van der Waals surface area contributed by atoms with Crippen LogP contribution in [0.2, 0.25) is 0 Å². The summed E-state index contributed by atoms with van der Waals surface area (Å²) in [4.78, 5) is 37.6. The highest BCUT2D eigenvalue weighted by molar-refractivity contribution is 6.05. The van der Waals surface area contributed by atoms with Crippen LogP contribution in [0.15, 0.2) is 12.2 Å². The molecule has 1 aliphatic heterocycles. The number of amides is 3. The molecule has 5 heteroatoms. The quantitative estimate of drug-likeness (QED) is 0.598. The Morgan fingerprint density at radius 3 is 2.19 bits per heavy atom. The van der Waals surface area contributed by atoms with Gasteiger partial charge in [0.15, 0.2) is 0 Å². The van der Waals surface area contributed by atoms with E-state index < -0.39 is 0 Å². The molecule has 0 saturated carbocycles. The number of hydrogen-bond acceptors (Lipinski definition) is 3. The molecule has 21 heavy (non-hydrogen) atoms. The van der Waals surface area contributed by atoms with E-state index in [1.54, 1.807) is 0 Å². The van der Waals surface area contributed by atoms with Gasteiger partial charge in [-0.05, 0) is 25.7 Å². The minimum atomic E-state index is -0.204. The summed E-state index contributed by atoms with van der Waals surface area (Å²) in [6, 6.07) is 0.175. The molecule has 5 nitrogen and oxygen atoms in total. The molecule has 0 radical (unpaired) electrons. The van der Waals surface area contributed by atoms with E-state index in [0.29, 0.717) is 12.8 Å². The molecule has 0 bridgehead atoms. The maximum absolute atomic E-state index is 12.2. The van der Waals surface area contributed by atoms with E-state index in [2.05, 4.69) is 5.32 Å². The molecular weight excluding hydrogens is 268 g/mol. The average molecular weight is 292 g/mol. The van der Waals surface area contributed by atoms with Crippen LogP contribution in [-0.4, -0.2) is 35.2 Å².